The number of fused-ring (bicyclic) bond motifs is 3. The minimum Gasteiger partial charge on any atom is -0.495 e. The van der Waals surface area contributed by atoms with Crippen LogP contribution in [0.4, 0.5) is 17.1 Å². The molecular weight excluding hydrogens is 408 g/mol. The van der Waals surface area contributed by atoms with Gasteiger partial charge < -0.3 is 19.9 Å². The molecule has 2 heterocycles. The van der Waals surface area contributed by atoms with Crippen molar-refractivity contribution in [2.24, 2.45) is 0 Å². The largest absolute Gasteiger partial charge is 0.495 e. The van der Waals surface area contributed by atoms with Gasteiger partial charge in [-0.15, -0.1) is 0 Å². The molecule has 0 aliphatic carbocycles. The molecule has 1 saturated heterocycles. The van der Waals surface area contributed by atoms with Crippen LogP contribution in [0.25, 0.3) is 0 Å². The normalized spacial score (nSPS) is 17.3. The third-order valence-corrected chi connectivity index (χ3v) is 5.97. The van der Waals surface area contributed by atoms with Gasteiger partial charge in [-0.1, -0.05) is 12.1 Å². The summed E-state index contributed by atoms with van der Waals surface area (Å²) in [5.74, 6) is -0.0489. The zero-order chi connectivity index (χ0) is 22.8. The lowest BCUT2D eigenvalue weighted by Crippen LogP contribution is -2.56. The fraction of sp³-hybridized carbons (Fsp3) is 0.375. The first kappa shape index (κ1) is 21.7. The summed E-state index contributed by atoms with van der Waals surface area (Å²) in [6, 6.07) is 12.2. The Morgan fingerprint density at radius 2 is 1.91 bits per heavy atom. The quantitative estimate of drug-likeness (QED) is 0.780. The van der Waals surface area contributed by atoms with E-state index >= 15 is 0 Å². The number of hydrogen-bond acceptors (Lipinski definition) is 5. The maximum Gasteiger partial charge on any atom is 0.253 e. The van der Waals surface area contributed by atoms with Crippen LogP contribution in [-0.2, 0) is 9.59 Å². The lowest BCUT2D eigenvalue weighted by atomic mass is 9.95. The number of amides is 3. The molecule has 0 bridgehead atoms. The van der Waals surface area contributed by atoms with Crippen molar-refractivity contribution in [3.63, 3.8) is 0 Å². The number of benzene rings is 2. The second kappa shape index (κ2) is 8.90. The summed E-state index contributed by atoms with van der Waals surface area (Å²) in [6.07, 6.45) is 2.73. The third kappa shape index (κ3) is 4.00. The molecule has 1 N–H and O–H groups in total. The highest BCUT2D eigenvalue weighted by Crippen LogP contribution is 2.40. The summed E-state index contributed by atoms with van der Waals surface area (Å²) in [6.45, 7) is 0.638. The molecule has 8 nitrogen and oxygen atoms in total. The van der Waals surface area contributed by atoms with E-state index in [0.29, 0.717) is 22.7 Å². The Balaban J connectivity index is 1.67. The van der Waals surface area contributed by atoms with E-state index in [-0.39, 0.29) is 30.3 Å². The molecule has 2 aromatic rings. The molecule has 2 aromatic carbocycles. The summed E-state index contributed by atoms with van der Waals surface area (Å²) in [5, 5.41) is 2.84. The fourth-order valence-electron chi connectivity index (χ4n) is 4.39. The first-order valence-corrected chi connectivity index (χ1v) is 10.8. The zero-order valence-corrected chi connectivity index (χ0v) is 18.6. The number of hydrogen-bond donors (Lipinski definition) is 1. The summed E-state index contributed by atoms with van der Waals surface area (Å²) in [4.78, 5) is 44.0. The predicted molar refractivity (Wildman–Crippen MR) is 123 cm³/mol. The number of para-hydroxylation sites is 2. The average Bonchev–Trinajstić information content (AvgIpc) is 2.81. The second-order valence-corrected chi connectivity index (χ2v) is 8.28. The van der Waals surface area contributed by atoms with Gasteiger partial charge in [0.15, 0.2) is 0 Å². The Hall–Kier alpha value is -3.55. The van der Waals surface area contributed by atoms with Gasteiger partial charge in [-0.25, -0.2) is 0 Å². The maximum absolute atomic E-state index is 13.4. The third-order valence-electron chi connectivity index (χ3n) is 5.97. The van der Waals surface area contributed by atoms with Gasteiger partial charge in [0.25, 0.3) is 5.91 Å². The van der Waals surface area contributed by atoms with E-state index < -0.39 is 0 Å². The highest BCUT2D eigenvalue weighted by molar-refractivity contribution is 6.11. The molecule has 1 fully saturated rings. The van der Waals surface area contributed by atoms with Crippen LogP contribution in [0.5, 0.6) is 5.75 Å². The highest BCUT2D eigenvalue weighted by atomic mass is 16.5. The number of piperidine rings is 1. The number of methoxy groups -OCH3 is 1. The Morgan fingerprint density at radius 3 is 2.66 bits per heavy atom. The minimum atomic E-state index is -0.331. The molecule has 0 saturated carbocycles. The molecule has 2 aliphatic rings. The number of rotatable bonds is 5. The van der Waals surface area contributed by atoms with E-state index in [1.54, 1.807) is 44.4 Å². The number of anilines is 3. The number of carbonyl (C=O) groups is 3. The minimum absolute atomic E-state index is 0.109. The lowest BCUT2D eigenvalue weighted by molar-refractivity contribution is -0.123. The van der Waals surface area contributed by atoms with Crippen LogP contribution >= 0.6 is 0 Å². The van der Waals surface area contributed by atoms with Crippen LogP contribution in [-0.4, -0.2) is 63.0 Å². The van der Waals surface area contributed by atoms with Gasteiger partial charge in [0.1, 0.15) is 18.3 Å². The van der Waals surface area contributed by atoms with Crippen LogP contribution in [0, 0.1) is 0 Å². The van der Waals surface area contributed by atoms with Gasteiger partial charge in [0, 0.05) is 26.2 Å². The van der Waals surface area contributed by atoms with Crippen LogP contribution in [0.2, 0.25) is 0 Å². The van der Waals surface area contributed by atoms with Gasteiger partial charge in [-0.3, -0.25) is 19.3 Å². The summed E-state index contributed by atoms with van der Waals surface area (Å²) in [5.41, 5.74) is 2.50. The topological polar surface area (TPSA) is 82.2 Å². The smallest absolute Gasteiger partial charge is 0.253 e. The molecule has 0 spiro atoms. The van der Waals surface area contributed by atoms with Crippen LogP contribution in [0.1, 0.15) is 29.6 Å². The number of nitrogens with zero attached hydrogens (tertiary/aromatic N) is 3. The van der Waals surface area contributed by atoms with E-state index in [2.05, 4.69) is 10.2 Å². The molecule has 0 aromatic heterocycles. The standard InChI is InChI=1S/C24H28N4O4/c1-26(2)23(30)16-11-12-18-20(14-16)28(24(31)19-9-6-7-13-27(18)19)15-22(29)25-17-8-4-5-10-21(17)32-3/h4-5,8,10-12,14,19H,6-7,9,13,15H2,1-3H3,(H,25,29)/t19-/m0/s1. The Labute approximate surface area is 187 Å². The summed E-state index contributed by atoms with van der Waals surface area (Å²) < 4.78 is 5.30. The van der Waals surface area contributed by atoms with Gasteiger partial charge in [-0.05, 0) is 49.6 Å². The van der Waals surface area contributed by atoms with Crippen molar-refractivity contribution < 1.29 is 19.1 Å². The molecule has 4 rings (SSSR count). The zero-order valence-electron chi connectivity index (χ0n) is 18.6. The van der Waals surface area contributed by atoms with Gasteiger partial charge in [-0.2, -0.15) is 0 Å². The summed E-state index contributed by atoms with van der Waals surface area (Å²) in [7, 11) is 4.91. The molecule has 3 amide bonds. The Morgan fingerprint density at radius 1 is 1.12 bits per heavy atom. The number of ether oxygens (including phenoxy) is 1. The maximum atomic E-state index is 13.4. The van der Waals surface area contributed by atoms with Gasteiger partial charge in [0.2, 0.25) is 11.8 Å². The van der Waals surface area contributed by atoms with Crippen molar-refractivity contribution in [3.8, 4) is 5.75 Å². The van der Waals surface area contributed by atoms with Crippen molar-refractivity contribution in [3.05, 3.63) is 48.0 Å². The molecule has 2 aliphatic heterocycles. The van der Waals surface area contributed by atoms with E-state index in [1.165, 1.54) is 16.9 Å². The molecule has 1 atom stereocenters. The lowest BCUT2D eigenvalue weighted by Gasteiger charge is -2.45. The van der Waals surface area contributed by atoms with Gasteiger partial charge >= 0.3 is 0 Å². The fourth-order valence-corrected chi connectivity index (χ4v) is 4.39. The molecule has 168 valence electrons. The van der Waals surface area contributed by atoms with E-state index in [4.69, 9.17) is 4.74 Å². The van der Waals surface area contributed by atoms with Crippen molar-refractivity contribution in [1.82, 2.24) is 4.90 Å². The van der Waals surface area contributed by atoms with Crippen LogP contribution < -0.4 is 19.9 Å². The molecular formula is C24H28N4O4. The molecule has 0 unspecified atom stereocenters. The first-order chi connectivity index (χ1) is 15.4. The van der Waals surface area contributed by atoms with E-state index in [9.17, 15) is 14.4 Å². The van der Waals surface area contributed by atoms with Crippen molar-refractivity contribution in [2.75, 3.05) is 49.4 Å². The van der Waals surface area contributed by atoms with Crippen molar-refractivity contribution in [1.29, 1.82) is 0 Å². The second-order valence-electron chi connectivity index (χ2n) is 8.28. The van der Waals surface area contributed by atoms with Crippen molar-refractivity contribution >= 4 is 34.8 Å². The predicted octanol–water partition coefficient (Wildman–Crippen LogP) is 2.74. The molecule has 32 heavy (non-hydrogen) atoms. The van der Waals surface area contributed by atoms with Crippen molar-refractivity contribution in [2.45, 2.75) is 25.3 Å². The highest BCUT2D eigenvalue weighted by Gasteiger charge is 2.40. The summed E-state index contributed by atoms with van der Waals surface area (Å²) >= 11 is 0. The van der Waals surface area contributed by atoms with E-state index in [1.807, 2.05) is 12.1 Å². The van der Waals surface area contributed by atoms with Crippen LogP contribution in [0.15, 0.2) is 42.5 Å². The first-order valence-electron chi connectivity index (χ1n) is 10.8. The molecule has 8 heteroatoms. The number of nitrogens with one attached hydrogen (secondary N) is 1. The Kier molecular flexibility index (Phi) is 6.03. The number of carbonyl (C=O) groups excluding carboxylic acids is 3. The molecule has 0 radical (unpaired) electrons. The van der Waals surface area contributed by atoms with E-state index in [0.717, 1.165) is 31.5 Å². The van der Waals surface area contributed by atoms with Gasteiger partial charge in [0.05, 0.1) is 24.2 Å². The average molecular weight is 437 g/mol. The van der Waals surface area contributed by atoms with Crippen LogP contribution in [0.3, 0.4) is 0 Å². The Bertz CT molecular complexity index is 1050. The monoisotopic (exact) mass is 436 g/mol. The SMILES string of the molecule is COc1ccccc1NC(=O)CN1C(=O)[C@@H]2CCCCN2c2ccc(C(=O)N(C)C)cc21.